The number of nitrogens with zero attached hydrogens (tertiary/aromatic N) is 2. The molecule has 3 rings (SSSR count). The number of hydrogen-bond acceptors (Lipinski definition) is 2. The molecule has 0 saturated carbocycles. The molecule has 1 aliphatic heterocycles. The smallest absolute Gasteiger partial charge is 0.253 e. The summed E-state index contributed by atoms with van der Waals surface area (Å²) in [5.41, 5.74) is 2.63. The number of amides is 1. The van der Waals surface area contributed by atoms with E-state index in [1.807, 2.05) is 4.90 Å². The van der Waals surface area contributed by atoms with Crippen molar-refractivity contribution in [3.8, 4) is 6.07 Å². The van der Waals surface area contributed by atoms with Crippen LogP contribution in [-0.2, 0) is 0 Å². The molecule has 1 fully saturated rings. The molecule has 1 aromatic carbocycles. The summed E-state index contributed by atoms with van der Waals surface area (Å²) in [6.07, 6.45) is 4.52. The molecule has 1 aliphatic carbocycles. The maximum Gasteiger partial charge on any atom is 0.253 e. The van der Waals surface area contributed by atoms with E-state index >= 15 is 0 Å². The van der Waals surface area contributed by atoms with Gasteiger partial charge in [-0.2, -0.15) is 5.26 Å². The van der Waals surface area contributed by atoms with Crippen molar-refractivity contribution in [1.29, 1.82) is 5.26 Å². The van der Waals surface area contributed by atoms with Crippen molar-refractivity contribution in [1.82, 2.24) is 4.90 Å². The van der Waals surface area contributed by atoms with Gasteiger partial charge in [-0.1, -0.05) is 17.7 Å². The lowest BCUT2D eigenvalue weighted by Gasteiger charge is -2.21. The summed E-state index contributed by atoms with van der Waals surface area (Å²) in [5.74, 6) is 1.29. The Labute approximate surface area is 119 Å². The molecule has 1 amide bonds. The molecule has 1 saturated heterocycles. The minimum Gasteiger partial charge on any atom is -0.338 e. The highest BCUT2D eigenvalue weighted by atomic mass is 16.2. The normalized spacial score (nSPS) is 24.8. The van der Waals surface area contributed by atoms with E-state index in [2.05, 4.69) is 19.1 Å². The second-order valence-corrected chi connectivity index (χ2v) is 5.91. The second-order valence-electron chi connectivity index (χ2n) is 5.91. The molecule has 1 aromatic rings. The number of likely N-dealkylation sites (tertiary alicyclic amines) is 1. The monoisotopic (exact) mass is 266 g/mol. The Bertz CT molecular complexity index is 612. The van der Waals surface area contributed by atoms with Gasteiger partial charge in [0.15, 0.2) is 0 Å². The molecule has 1 heterocycles. The van der Waals surface area contributed by atoms with E-state index in [9.17, 15) is 4.79 Å². The van der Waals surface area contributed by atoms with Gasteiger partial charge in [0.05, 0.1) is 11.6 Å². The first kappa shape index (κ1) is 12.9. The van der Waals surface area contributed by atoms with Gasteiger partial charge in [-0.15, -0.1) is 0 Å². The number of fused-ring (bicyclic) bond motifs is 1. The summed E-state index contributed by atoms with van der Waals surface area (Å²) in [7, 11) is 0. The van der Waals surface area contributed by atoms with E-state index in [4.69, 9.17) is 5.26 Å². The van der Waals surface area contributed by atoms with Crippen molar-refractivity contribution in [2.75, 3.05) is 13.1 Å². The molecule has 102 valence electrons. The van der Waals surface area contributed by atoms with E-state index in [0.29, 0.717) is 23.0 Å². The number of allylic oxidation sites excluding steroid dienone is 2. The predicted molar refractivity (Wildman–Crippen MR) is 77.0 cm³/mol. The third-order valence-electron chi connectivity index (χ3n) is 4.46. The summed E-state index contributed by atoms with van der Waals surface area (Å²) in [6.45, 7) is 3.88. The number of nitriles is 1. The molecule has 0 bridgehead atoms. The van der Waals surface area contributed by atoms with Crippen LogP contribution in [0, 0.1) is 23.2 Å². The highest BCUT2D eigenvalue weighted by Crippen LogP contribution is 2.36. The van der Waals surface area contributed by atoms with Gasteiger partial charge in [0.25, 0.3) is 5.91 Å². The molecular formula is C17H18N2O. The minimum absolute atomic E-state index is 0.0640. The first-order valence-corrected chi connectivity index (χ1v) is 7.12. The van der Waals surface area contributed by atoms with Crippen molar-refractivity contribution in [2.45, 2.75) is 19.8 Å². The van der Waals surface area contributed by atoms with Crippen LogP contribution >= 0.6 is 0 Å². The quantitative estimate of drug-likeness (QED) is 0.733. The number of benzene rings is 1. The third kappa shape index (κ3) is 2.34. The lowest BCUT2D eigenvalue weighted by Crippen LogP contribution is -2.29. The molecule has 0 radical (unpaired) electrons. The van der Waals surface area contributed by atoms with E-state index in [1.165, 1.54) is 5.57 Å². The standard InChI is InChI=1S/C17H18N2O/c1-12-5-6-15-10-19(11-16(15)7-12)17(20)14-4-2-3-13(8-14)9-18/h2-5,8,15-16H,6-7,10-11H2,1H3/t15-,16+/m0/s1. The van der Waals surface area contributed by atoms with Gasteiger partial charge in [0, 0.05) is 18.7 Å². The van der Waals surface area contributed by atoms with Gasteiger partial charge in [-0.05, 0) is 49.8 Å². The molecule has 20 heavy (non-hydrogen) atoms. The average Bonchev–Trinajstić information content (AvgIpc) is 2.89. The van der Waals surface area contributed by atoms with Crippen molar-refractivity contribution in [3.05, 3.63) is 47.0 Å². The van der Waals surface area contributed by atoms with Crippen molar-refractivity contribution >= 4 is 5.91 Å². The van der Waals surface area contributed by atoms with E-state index < -0.39 is 0 Å². The fourth-order valence-electron chi connectivity index (χ4n) is 3.36. The third-order valence-corrected chi connectivity index (χ3v) is 4.46. The van der Waals surface area contributed by atoms with Crippen LogP contribution in [-0.4, -0.2) is 23.9 Å². The first-order valence-electron chi connectivity index (χ1n) is 7.12. The first-order chi connectivity index (χ1) is 9.67. The number of hydrogen-bond donors (Lipinski definition) is 0. The topological polar surface area (TPSA) is 44.1 Å². The van der Waals surface area contributed by atoms with Crippen molar-refractivity contribution < 1.29 is 4.79 Å². The molecule has 0 aromatic heterocycles. The fourth-order valence-corrected chi connectivity index (χ4v) is 3.36. The zero-order chi connectivity index (χ0) is 14.1. The number of carbonyl (C=O) groups is 1. The highest BCUT2D eigenvalue weighted by Gasteiger charge is 2.36. The molecule has 3 heteroatoms. The lowest BCUT2D eigenvalue weighted by atomic mass is 9.83. The van der Waals surface area contributed by atoms with Crippen LogP contribution in [0.5, 0.6) is 0 Å². The molecule has 2 atom stereocenters. The molecule has 0 unspecified atom stereocenters. The summed E-state index contributed by atoms with van der Waals surface area (Å²) < 4.78 is 0. The van der Waals surface area contributed by atoms with Crippen LogP contribution in [0.1, 0.15) is 35.7 Å². The van der Waals surface area contributed by atoms with Crippen LogP contribution in [0.15, 0.2) is 35.9 Å². The predicted octanol–water partition coefficient (Wildman–Crippen LogP) is 2.99. The minimum atomic E-state index is 0.0640. The Morgan fingerprint density at radius 1 is 1.35 bits per heavy atom. The SMILES string of the molecule is CC1=CC[C@H]2CN(C(=O)c3cccc(C#N)c3)C[C@H]2C1. The Balaban J connectivity index is 1.75. The zero-order valence-electron chi connectivity index (χ0n) is 11.7. The van der Waals surface area contributed by atoms with E-state index in [0.717, 1.165) is 25.9 Å². The highest BCUT2D eigenvalue weighted by molar-refractivity contribution is 5.94. The van der Waals surface area contributed by atoms with Gasteiger partial charge in [-0.25, -0.2) is 0 Å². The summed E-state index contributed by atoms with van der Waals surface area (Å²) in [5, 5.41) is 8.93. The van der Waals surface area contributed by atoms with Gasteiger partial charge < -0.3 is 4.90 Å². The Morgan fingerprint density at radius 2 is 2.15 bits per heavy atom. The molecular weight excluding hydrogens is 248 g/mol. The zero-order valence-corrected chi connectivity index (χ0v) is 11.7. The number of rotatable bonds is 1. The summed E-state index contributed by atoms with van der Waals surface area (Å²) in [4.78, 5) is 14.5. The van der Waals surface area contributed by atoms with Gasteiger partial charge in [-0.3, -0.25) is 4.79 Å². The van der Waals surface area contributed by atoms with Gasteiger partial charge >= 0.3 is 0 Å². The maximum atomic E-state index is 12.5. The Morgan fingerprint density at radius 3 is 2.95 bits per heavy atom. The van der Waals surface area contributed by atoms with Crippen LogP contribution in [0.25, 0.3) is 0 Å². The van der Waals surface area contributed by atoms with Gasteiger partial charge in [0.2, 0.25) is 0 Å². The van der Waals surface area contributed by atoms with Crippen LogP contribution in [0.4, 0.5) is 0 Å². The lowest BCUT2D eigenvalue weighted by molar-refractivity contribution is 0.0784. The molecule has 2 aliphatic rings. The van der Waals surface area contributed by atoms with Crippen LogP contribution < -0.4 is 0 Å². The maximum absolute atomic E-state index is 12.5. The molecule has 3 nitrogen and oxygen atoms in total. The van der Waals surface area contributed by atoms with Crippen molar-refractivity contribution in [2.24, 2.45) is 11.8 Å². The van der Waals surface area contributed by atoms with Gasteiger partial charge in [0.1, 0.15) is 0 Å². The summed E-state index contributed by atoms with van der Waals surface area (Å²) >= 11 is 0. The molecule has 0 N–H and O–H groups in total. The Kier molecular flexibility index (Phi) is 3.31. The summed E-state index contributed by atoms with van der Waals surface area (Å²) in [6, 6.07) is 9.09. The van der Waals surface area contributed by atoms with Crippen molar-refractivity contribution in [3.63, 3.8) is 0 Å². The Hall–Kier alpha value is -2.08. The number of carbonyl (C=O) groups excluding carboxylic acids is 1. The largest absolute Gasteiger partial charge is 0.338 e. The molecule has 0 spiro atoms. The van der Waals surface area contributed by atoms with Crippen LogP contribution in [0.3, 0.4) is 0 Å². The second kappa shape index (κ2) is 5.13. The average molecular weight is 266 g/mol. The fraction of sp³-hybridized carbons (Fsp3) is 0.412. The van der Waals surface area contributed by atoms with E-state index in [1.54, 1.807) is 24.3 Å². The van der Waals surface area contributed by atoms with Crippen LogP contribution in [0.2, 0.25) is 0 Å². The van der Waals surface area contributed by atoms with E-state index in [-0.39, 0.29) is 5.91 Å².